The van der Waals surface area contributed by atoms with E-state index in [-0.39, 0.29) is 5.78 Å². The van der Waals surface area contributed by atoms with Crippen LogP contribution >= 0.6 is 0 Å². The molecule has 0 fully saturated rings. The molecule has 0 aliphatic rings. The molecule has 0 spiro atoms. The van der Waals surface area contributed by atoms with E-state index in [2.05, 4.69) is 53.2 Å². The molecule has 0 aromatic heterocycles. The number of hydrogen-bond donors (Lipinski definition) is 1. The summed E-state index contributed by atoms with van der Waals surface area (Å²) in [5, 5.41) is 3.38. The van der Waals surface area contributed by atoms with Crippen LogP contribution in [0.15, 0.2) is 54.6 Å². The largest absolute Gasteiger partial charge is 0.383 e. The van der Waals surface area contributed by atoms with E-state index in [4.69, 9.17) is 0 Å². The van der Waals surface area contributed by atoms with Gasteiger partial charge in [-0.25, -0.2) is 0 Å². The minimum Gasteiger partial charge on any atom is -0.383 e. The van der Waals surface area contributed by atoms with E-state index < -0.39 is 0 Å². The number of nitrogens with zero attached hydrogens (tertiary/aromatic N) is 2. The van der Waals surface area contributed by atoms with Crippen LogP contribution in [0.25, 0.3) is 6.08 Å². The molecule has 0 atom stereocenters. The van der Waals surface area contributed by atoms with Crippen molar-refractivity contribution in [2.75, 3.05) is 50.5 Å². The number of anilines is 2. The molecule has 1 N–H and O–H groups in total. The Bertz CT molecular complexity index is 821. The maximum absolute atomic E-state index is 12.9. The Morgan fingerprint density at radius 1 is 0.935 bits per heavy atom. The van der Waals surface area contributed by atoms with Crippen LogP contribution in [0.1, 0.15) is 55.5 Å². The van der Waals surface area contributed by atoms with E-state index in [9.17, 15) is 4.79 Å². The molecule has 0 amide bonds. The molecule has 2 rings (SSSR count). The summed E-state index contributed by atoms with van der Waals surface area (Å²) in [4.78, 5) is 17.5. The Kier molecular flexibility index (Phi) is 10.9. The first kappa shape index (κ1) is 24.7. The topological polar surface area (TPSA) is 35.6 Å². The standard InChI is InChI=1S/C27H39N3O/c1-5-7-19-30(20-8-6-2)24-13-11-12-23(22-24)16-17-27(31)25-14-9-10-15-26(25)28-18-21-29(3)4/h9-17,22,28H,5-8,18-21H2,1-4H3. The van der Waals surface area contributed by atoms with Crippen molar-refractivity contribution in [1.82, 2.24) is 4.90 Å². The lowest BCUT2D eigenvalue weighted by molar-refractivity contribution is 0.104. The third-order valence-electron chi connectivity index (χ3n) is 5.29. The number of likely N-dealkylation sites (N-methyl/N-ethyl adjacent to an activating group) is 1. The average molecular weight is 422 g/mol. The number of benzene rings is 2. The predicted octanol–water partition coefficient (Wildman–Crippen LogP) is 5.96. The number of hydrogen-bond acceptors (Lipinski definition) is 4. The van der Waals surface area contributed by atoms with Crippen molar-refractivity contribution in [1.29, 1.82) is 0 Å². The van der Waals surface area contributed by atoms with Crippen LogP contribution in [-0.2, 0) is 0 Å². The van der Waals surface area contributed by atoms with E-state index in [1.807, 2.05) is 44.4 Å². The lowest BCUT2D eigenvalue weighted by atomic mass is 10.1. The van der Waals surface area contributed by atoms with Gasteiger partial charge in [0, 0.05) is 43.1 Å². The van der Waals surface area contributed by atoms with Crippen molar-refractivity contribution in [3.8, 4) is 0 Å². The maximum atomic E-state index is 12.9. The number of nitrogens with one attached hydrogen (secondary N) is 1. The van der Waals surface area contributed by atoms with Crippen LogP contribution in [-0.4, -0.2) is 51.0 Å². The molecule has 2 aromatic rings. The number of para-hydroxylation sites is 1. The molecular formula is C27H39N3O. The first-order chi connectivity index (χ1) is 15.0. The van der Waals surface area contributed by atoms with E-state index in [0.29, 0.717) is 5.56 Å². The molecule has 0 heterocycles. The van der Waals surface area contributed by atoms with Crippen molar-refractivity contribution in [2.24, 2.45) is 0 Å². The molecule has 4 nitrogen and oxygen atoms in total. The zero-order valence-corrected chi connectivity index (χ0v) is 19.7. The molecular weight excluding hydrogens is 382 g/mol. The van der Waals surface area contributed by atoms with Gasteiger partial charge in [0.15, 0.2) is 5.78 Å². The summed E-state index contributed by atoms with van der Waals surface area (Å²) in [5.74, 6) is 0.0205. The van der Waals surface area contributed by atoms with Crippen molar-refractivity contribution in [2.45, 2.75) is 39.5 Å². The molecule has 168 valence electrons. The molecule has 0 aliphatic carbocycles. The number of ketones is 1. The lowest BCUT2D eigenvalue weighted by Gasteiger charge is -2.25. The van der Waals surface area contributed by atoms with Gasteiger partial charge in [0.05, 0.1) is 0 Å². The molecule has 0 aliphatic heterocycles. The highest BCUT2D eigenvalue weighted by Crippen LogP contribution is 2.20. The summed E-state index contributed by atoms with van der Waals surface area (Å²) in [6, 6.07) is 16.2. The number of allylic oxidation sites excluding steroid dienone is 1. The maximum Gasteiger partial charge on any atom is 0.187 e. The zero-order valence-electron chi connectivity index (χ0n) is 19.7. The molecule has 2 aromatic carbocycles. The van der Waals surface area contributed by atoms with E-state index in [0.717, 1.165) is 37.4 Å². The molecule has 0 bridgehead atoms. The number of unbranched alkanes of at least 4 members (excludes halogenated alkanes) is 2. The van der Waals surface area contributed by atoms with Gasteiger partial charge in [-0.15, -0.1) is 0 Å². The fraction of sp³-hybridized carbons (Fsp3) is 0.444. The van der Waals surface area contributed by atoms with Crippen molar-refractivity contribution in [3.63, 3.8) is 0 Å². The summed E-state index contributed by atoms with van der Waals surface area (Å²) in [7, 11) is 4.09. The highest BCUT2D eigenvalue weighted by Gasteiger charge is 2.09. The van der Waals surface area contributed by atoms with Gasteiger partial charge in [-0.1, -0.05) is 57.0 Å². The van der Waals surface area contributed by atoms with Crippen LogP contribution in [0.4, 0.5) is 11.4 Å². The number of carbonyl (C=O) groups is 1. The number of carbonyl (C=O) groups excluding carboxylic acids is 1. The second-order valence-electron chi connectivity index (χ2n) is 8.26. The summed E-state index contributed by atoms with van der Waals surface area (Å²) < 4.78 is 0. The van der Waals surface area contributed by atoms with Gasteiger partial charge in [0.1, 0.15) is 0 Å². The minimum absolute atomic E-state index is 0.0205. The van der Waals surface area contributed by atoms with Gasteiger partial charge in [-0.3, -0.25) is 4.79 Å². The highest BCUT2D eigenvalue weighted by atomic mass is 16.1. The van der Waals surface area contributed by atoms with Crippen LogP contribution in [0.5, 0.6) is 0 Å². The molecule has 31 heavy (non-hydrogen) atoms. The fourth-order valence-corrected chi connectivity index (χ4v) is 3.42. The van der Waals surface area contributed by atoms with Crippen LogP contribution < -0.4 is 10.2 Å². The molecule has 0 saturated carbocycles. The first-order valence-electron chi connectivity index (χ1n) is 11.6. The van der Waals surface area contributed by atoms with Gasteiger partial charge in [0.2, 0.25) is 0 Å². The zero-order chi connectivity index (χ0) is 22.5. The quantitative estimate of drug-likeness (QED) is 0.301. The van der Waals surface area contributed by atoms with E-state index >= 15 is 0 Å². The fourth-order valence-electron chi connectivity index (χ4n) is 3.42. The highest BCUT2D eigenvalue weighted by molar-refractivity contribution is 6.10. The smallest absolute Gasteiger partial charge is 0.187 e. The van der Waals surface area contributed by atoms with Crippen LogP contribution in [0, 0.1) is 0 Å². The van der Waals surface area contributed by atoms with Gasteiger partial charge in [-0.2, -0.15) is 0 Å². The second kappa shape index (κ2) is 13.7. The average Bonchev–Trinajstić information content (AvgIpc) is 2.78. The summed E-state index contributed by atoms with van der Waals surface area (Å²) >= 11 is 0. The van der Waals surface area contributed by atoms with Gasteiger partial charge >= 0.3 is 0 Å². The minimum atomic E-state index is 0.0205. The molecule has 0 radical (unpaired) electrons. The third kappa shape index (κ3) is 8.58. The Morgan fingerprint density at radius 2 is 1.65 bits per heavy atom. The SMILES string of the molecule is CCCCN(CCCC)c1cccc(C=CC(=O)c2ccccc2NCCN(C)C)c1. The molecule has 0 saturated heterocycles. The van der Waals surface area contributed by atoms with Crippen LogP contribution in [0.3, 0.4) is 0 Å². The Labute approximate surface area is 189 Å². The Hall–Kier alpha value is -2.59. The Balaban J connectivity index is 2.11. The Morgan fingerprint density at radius 3 is 2.32 bits per heavy atom. The van der Waals surface area contributed by atoms with Gasteiger partial charge in [-0.05, 0) is 62.8 Å². The van der Waals surface area contributed by atoms with Gasteiger partial charge in [0.25, 0.3) is 0 Å². The summed E-state index contributed by atoms with van der Waals surface area (Å²) in [6.45, 7) is 8.33. The molecule has 0 unspecified atom stereocenters. The van der Waals surface area contributed by atoms with E-state index in [1.54, 1.807) is 6.08 Å². The van der Waals surface area contributed by atoms with Crippen molar-refractivity contribution in [3.05, 3.63) is 65.7 Å². The number of rotatable bonds is 14. The summed E-state index contributed by atoms with van der Waals surface area (Å²) in [6.07, 6.45) is 8.39. The summed E-state index contributed by atoms with van der Waals surface area (Å²) in [5.41, 5.74) is 3.89. The monoisotopic (exact) mass is 421 g/mol. The second-order valence-corrected chi connectivity index (χ2v) is 8.26. The van der Waals surface area contributed by atoms with Crippen molar-refractivity contribution < 1.29 is 4.79 Å². The third-order valence-corrected chi connectivity index (χ3v) is 5.29. The normalized spacial score (nSPS) is 11.3. The molecule has 4 heteroatoms. The first-order valence-corrected chi connectivity index (χ1v) is 11.6. The van der Waals surface area contributed by atoms with E-state index in [1.165, 1.54) is 31.4 Å². The predicted molar refractivity (Wildman–Crippen MR) is 135 cm³/mol. The van der Waals surface area contributed by atoms with Crippen molar-refractivity contribution >= 4 is 23.2 Å². The van der Waals surface area contributed by atoms with Crippen LogP contribution in [0.2, 0.25) is 0 Å². The lowest BCUT2D eigenvalue weighted by Crippen LogP contribution is -2.25. The van der Waals surface area contributed by atoms with Gasteiger partial charge < -0.3 is 15.1 Å².